The monoisotopic (exact) mass is 459 g/mol. The number of amidine groups is 1. The SMILES string of the molecule is CC(F)(F)[C@@H]1C[C@@](CF)(c2cc(CC(=O)c3ncc(O)cc3Cl)ccc2F)N=C(N)O1. The molecule has 1 aliphatic heterocycles. The van der Waals surface area contributed by atoms with E-state index in [1.807, 2.05) is 0 Å². The fourth-order valence-electron chi connectivity index (χ4n) is 3.33. The average molecular weight is 460 g/mol. The number of aliphatic imine (C=N–C) groups is 1. The van der Waals surface area contributed by atoms with Crippen LogP contribution in [-0.2, 0) is 16.7 Å². The molecule has 11 heteroatoms. The number of Topliss-reactive ketones (excluding diaryl/α,β-unsaturated/α-hetero) is 1. The Balaban J connectivity index is 1.98. The maximum absolute atomic E-state index is 14.7. The van der Waals surface area contributed by atoms with Crippen LogP contribution in [0, 0.1) is 5.82 Å². The van der Waals surface area contributed by atoms with Crippen LogP contribution in [0.1, 0.15) is 35.0 Å². The predicted octanol–water partition coefficient (Wildman–Crippen LogP) is 3.93. The minimum absolute atomic E-state index is 0.0811. The van der Waals surface area contributed by atoms with E-state index < -0.39 is 48.3 Å². The van der Waals surface area contributed by atoms with Gasteiger partial charge in [-0.2, -0.15) is 0 Å². The third-order valence-corrected chi connectivity index (χ3v) is 5.17. The van der Waals surface area contributed by atoms with E-state index in [4.69, 9.17) is 22.1 Å². The topological polar surface area (TPSA) is 97.8 Å². The molecule has 1 aromatic carbocycles. The number of hydrogen-bond donors (Lipinski definition) is 2. The third kappa shape index (κ3) is 4.73. The molecule has 0 amide bonds. The standard InChI is InChI=1S/C20H18ClF4N3O3/c1-19(24,25)16-7-20(9-22,28-18(26)31-16)12-4-10(2-3-14(12)23)5-15(30)17-13(21)6-11(29)8-27-17/h2-4,6,8,16,29H,5,7,9H2,1H3,(H2,26,28)/t16-,20+/m0/s1. The summed E-state index contributed by atoms with van der Waals surface area (Å²) in [6.07, 6.45) is -1.73. The summed E-state index contributed by atoms with van der Waals surface area (Å²) in [7, 11) is 0. The Morgan fingerprint density at radius 1 is 1.42 bits per heavy atom. The molecule has 1 aromatic heterocycles. The largest absolute Gasteiger partial charge is 0.506 e. The van der Waals surface area contributed by atoms with E-state index in [-0.39, 0.29) is 34.0 Å². The molecule has 31 heavy (non-hydrogen) atoms. The van der Waals surface area contributed by atoms with Crippen LogP contribution in [-0.4, -0.2) is 40.6 Å². The van der Waals surface area contributed by atoms with Crippen molar-refractivity contribution in [1.82, 2.24) is 4.98 Å². The summed E-state index contributed by atoms with van der Waals surface area (Å²) in [5.74, 6) is -5.06. The second-order valence-corrected chi connectivity index (χ2v) is 7.73. The van der Waals surface area contributed by atoms with Crippen molar-refractivity contribution in [3.63, 3.8) is 0 Å². The van der Waals surface area contributed by atoms with Crippen LogP contribution < -0.4 is 5.73 Å². The lowest BCUT2D eigenvalue weighted by Gasteiger charge is -2.38. The van der Waals surface area contributed by atoms with Crippen molar-refractivity contribution in [2.45, 2.75) is 37.3 Å². The molecule has 0 aliphatic carbocycles. The van der Waals surface area contributed by atoms with Crippen LogP contribution >= 0.6 is 11.6 Å². The quantitative estimate of drug-likeness (QED) is 0.504. The van der Waals surface area contributed by atoms with Crippen molar-refractivity contribution in [1.29, 1.82) is 0 Å². The molecule has 0 bridgehead atoms. The van der Waals surface area contributed by atoms with Gasteiger partial charge in [0.1, 0.15) is 29.5 Å². The molecule has 166 valence electrons. The van der Waals surface area contributed by atoms with Gasteiger partial charge in [0, 0.05) is 31.4 Å². The summed E-state index contributed by atoms with van der Waals surface area (Å²) < 4.78 is 61.3. The maximum atomic E-state index is 14.7. The second-order valence-electron chi connectivity index (χ2n) is 7.32. The summed E-state index contributed by atoms with van der Waals surface area (Å²) >= 11 is 5.92. The number of alkyl halides is 3. The van der Waals surface area contributed by atoms with Crippen molar-refractivity contribution < 1.29 is 32.2 Å². The van der Waals surface area contributed by atoms with Crippen LogP contribution in [0.25, 0.3) is 0 Å². The van der Waals surface area contributed by atoms with Crippen LogP contribution in [0.5, 0.6) is 5.75 Å². The molecular weight excluding hydrogens is 442 g/mol. The van der Waals surface area contributed by atoms with Gasteiger partial charge in [-0.25, -0.2) is 27.5 Å². The van der Waals surface area contributed by atoms with Gasteiger partial charge in [-0.1, -0.05) is 17.7 Å². The number of halogens is 5. The van der Waals surface area contributed by atoms with E-state index in [1.165, 1.54) is 12.1 Å². The molecule has 0 radical (unpaired) electrons. The number of benzene rings is 1. The fourth-order valence-corrected chi connectivity index (χ4v) is 3.59. The molecule has 0 saturated carbocycles. The Labute approximate surface area is 179 Å². The van der Waals surface area contributed by atoms with Gasteiger partial charge in [0.05, 0.1) is 11.2 Å². The fraction of sp³-hybridized carbons (Fsp3) is 0.350. The van der Waals surface area contributed by atoms with Crippen LogP contribution in [0.2, 0.25) is 5.02 Å². The number of hydrogen-bond acceptors (Lipinski definition) is 6. The Bertz CT molecular complexity index is 1040. The Kier molecular flexibility index (Phi) is 6.13. The molecule has 3 N–H and O–H groups in total. The first-order valence-corrected chi connectivity index (χ1v) is 9.45. The van der Waals surface area contributed by atoms with Gasteiger partial charge in [0.15, 0.2) is 11.9 Å². The number of aromatic hydroxyl groups is 1. The molecule has 2 aromatic rings. The molecule has 3 rings (SSSR count). The highest BCUT2D eigenvalue weighted by molar-refractivity contribution is 6.33. The van der Waals surface area contributed by atoms with E-state index in [0.717, 1.165) is 18.3 Å². The lowest BCUT2D eigenvalue weighted by molar-refractivity contribution is -0.106. The number of nitrogens with zero attached hydrogens (tertiary/aromatic N) is 2. The van der Waals surface area contributed by atoms with E-state index >= 15 is 0 Å². The molecule has 0 saturated heterocycles. The van der Waals surface area contributed by atoms with Crippen molar-refractivity contribution in [2.24, 2.45) is 10.7 Å². The lowest BCUT2D eigenvalue weighted by atomic mass is 9.82. The number of carbonyl (C=O) groups excluding carboxylic acids is 1. The number of nitrogens with two attached hydrogens (primary N) is 1. The Morgan fingerprint density at radius 2 is 2.13 bits per heavy atom. The summed E-state index contributed by atoms with van der Waals surface area (Å²) in [5, 5.41) is 9.27. The zero-order chi connectivity index (χ0) is 23.0. The molecule has 6 nitrogen and oxygen atoms in total. The number of aromatic nitrogens is 1. The molecule has 0 fully saturated rings. The second kappa shape index (κ2) is 8.33. The van der Waals surface area contributed by atoms with Crippen LogP contribution in [0.4, 0.5) is 17.6 Å². The van der Waals surface area contributed by atoms with Gasteiger partial charge in [0.25, 0.3) is 11.9 Å². The summed E-state index contributed by atoms with van der Waals surface area (Å²) in [4.78, 5) is 20.1. The zero-order valence-electron chi connectivity index (χ0n) is 16.2. The summed E-state index contributed by atoms with van der Waals surface area (Å²) in [6, 6.07) is 3.90. The molecule has 0 unspecified atom stereocenters. The highest BCUT2D eigenvalue weighted by Gasteiger charge is 2.49. The van der Waals surface area contributed by atoms with E-state index in [2.05, 4.69) is 9.98 Å². The number of pyridine rings is 1. The summed E-state index contributed by atoms with van der Waals surface area (Å²) in [5.41, 5.74) is 3.26. The first-order valence-electron chi connectivity index (χ1n) is 9.07. The first kappa shape index (κ1) is 22.8. The van der Waals surface area contributed by atoms with Gasteiger partial charge in [-0.05, 0) is 17.7 Å². The van der Waals surface area contributed by atoms with Gasteiger partial charge >= 0.3 is 0 Å². The van der Waals surface area contributed by atoms with Crippen molar-refractivity contribution in [3.05, 3.63) is 58.1 Å². The summed E-state index contributed by atoms with van der Waals surface area (Å²) in [6.45, 7) is -0.734. The highest BCUT2D eigenvalue weighted by Crippen LogP contribution is 2.41. The first-order chi connectivity index (χ1) is 14.4. The van der Waals surface area contributed by atoms with E-state index in [0.29, 0.717) is 6.92 Å². The minimum atomic E-state index is -3.38. The van der Waals surface area contributed by atoms with Crippen molar-refractivity contribution in [3.8, 4) is 5.75 Å². The van der Waals surface area contributed by atoms with Crippen molar-refractivity contribution in [2.75, 3.05) is 6.67 Å². The van der Waals surface area contributed by atoms with E-state index in [1.54, 1.807) is 0 Å². The van der Waals surface area contributed by atoms with Gasteiger partial charge in [-0.15, -0.1) is 0 Å². The normalized spacial score (nSPS) is 21.4. The van der Waals surface area contributed by atoms with Crippen LogP contribution in [0.15, 0.2) is 35.5 Å². The Hall–Kier alpha value is -2.88. The molecule has 2 heterocycles. The van der Waals surface area contributed by atoms with Gasteiger partial charge in [0.2, 0.25) is 0 Å². The highest BCUT2D eigenvalue weighted by atomic mass is 35.5. The molecule has 0 spiro atoms. The van der Waals surface area contributed by atoms with Gasteiger partial charge < -0.3 is 15.6 Å². The third-order valence-electron chi connectivity index (χ3n) is 4.88. The number of carbonyl (C=O) groups is 1. The predicted molar refractivity (Wildman–Crippen MR) is 105 cm³/mol. The number of rotatable bonds is 6. The maximum Gasteiger partial charge on any atom is 0.283 e. The minimum Gasteiger partial charge on any atom is -0.506 e. The average Bonchev–Trinajstić information content (AvgIpc) is 2.68. The zero-order valence-corrected chi connectivity index (χ0v) is 17.0. The molecule has 2 atom stereocenters. The van der Waals surface area contributed by atoms with Gasteiger partial charge in [-0.3, -0.25) is 4.79 Å². The lowest BCUT2D eigenvalue weighted by Crippen LogP contribution is -2.48. The number of ether oxygens (including phenoxy) is 1. The molecular formula is C20H18ClF4N3O3. The van der Waals surface area contributed by atoms with Crippen LogP contribution in [0.3, 0.4) is 0 Å². The smallest absolute Gasteiger partial charge is 0.283 e. The van der Waals surface area contributed by atoms with E-state index in [9.17, 15) is 27.5 Å². The Morgan fingerprint density at radius 3 is 2.74 bits per heavy atom. The molecule has 1 aliphatic rings. The van der Waals surface area contributed by atoms with Crippen molar-refractivity contribution >= 4 is 23.4 Å². The number of ketones is 1.